The van der Waals surface area contributed by atoms with E-state index in [0.29, 0.717) is 6.04 Å². The Morgan fingerprint density at radius 1 is 1.50 bits per heavy atom. The van der Waals surface area contributed by atoms with Crippen LogP contribution in [0.5, 0.6) is 0 Å². The summed E-state index contributed by atoms with van der Waals surface area (Å²) in [6.07, 6.45) is 1.15. The molecule has 2 unspecified atom stereocenters. The molecule has 16 heavy (non-hydrogen) atoms. The van der Waals surface area contributed by atoms with Crippen molar-refractivity contribution in [2.24, 2.45) is 0 Å². The Balaban J connectivity index is 2.24. The Kier molecular flexibility index (Phi) is 4.27. The maximum absolute atomic E-state index is 13.7. The molecular formula is C12H15BrFNS. The molecule has 0 bridgehead atoms. The van der Waals surface area contributed by atoms with Crippen LogP contribution in [0.25, 0.3) is 0 Å². The minimum absolute atomic E-state index is 0.115. The third kappa shape index (κ3) is 2.99. The summed E-state index contributed by atoms with van der Waals surface area (Å²) in [4.78, 5) is 0. The van der Waals surface area contributed by atoms with E-state index in [0.717, 1.165) is 28.0 Å². The van der Waals surface area contributed by atoms with E-state index in [4.69, 9.17) is 0 Å². The third-order valence-corrected chi connectivity index (χ3v) is 4.39. The van der Waals surface area contributed by atoms with Crippen LogP contribution in [-0.2, 0) is 0 Å². The van der Waals surface area contributed by atoms with E-state index in [2.05, 4.69) is 28.2 Å². The van der Waals surface area contributed by atoms with Crippen LogP contribution < -0.4 is 5.32 Å². The van der Waals surface area contributed by atoms with Crippen molar-refractivity contribution in [1.82, 2.24) is 5.32 Å². The van der Waals surface area contributed by atoms with Gasteiger partial charge in [-0.3, -0.25) is 0 Å². The van der Waals surface area contributed by atoms with Crippen LogP contribution in [0.4, 0.5) is 4.39 Å². The molecule has 1 aliphatic rings. The number of hydrogen-bond acceptors (Lipinski definition) is 2. The minimum atomic E-state index is -0.115. The molecule has 1 heterocycles. The lowest BCUT2D eigenvalue weighted by molar-refractivity contribution is 0.468. The first-order chi connectivity index (χ1) is 7.66. The second kappa shape index (κ2) is 5.52. The second-order valence-corrected chi connectivity index (χ2v) is 6.22. The van der Waals surface area contributed by atoms with Gasteiger partial charge < -0.3 is 5.32 Å². The molecule has 1 N–H and O–H groups in total. The van der Waals surface area contributed by atoms with Gasteiger partial charge in [-0.1, -0.05) is 15.9 Å². The van der Waals surface area contributed by atoms with Gasteiger partial charge in [0.05, 0.1) is 0 Å². The van der Waals surface area contributed by atoms with Crippen LogP contribution >= 0.6 is 27.7 Å². The topological polar surface area (TPSA) is 12.0 Å². The molecule has 1 saturated heterocycles. The van der Waals surface area contributed by atoms with Gasteiger partial charge in [-0.05, 0) is 37.3 Å². The lowest BCUT2D eigenvalue weighted by Gasteiger charge is -2.20. The van der Waals surface area contributed by atoms with Gasteiger partial charge in [-0.25, -0.2) is 4.39 Å². The molecule has 88 valence electrons. The van der Waals surface area contributed by atoms with E-state index in [1.54, 1.807) is 6.07 Å². The van der Waals surface area contributed by atoms with Gasteiger partial charge in [0.15, 0.2) is 0 Å². The average molecular weight is 304 g/mol. The monoisotopic (exact) mass is 303 g/mol. The minimum Gasteiger partial charge on any atom is -0.307 e. The van der Waals surface area contributed by atoms with Crippen molar-refractivity contribution in [2.75, 3.05) is 11.5 Å². The summed E-state index contributed by atoms with van der Waals surface area (Å²) < 4.78 is 14.7. The molecule has 1 nitrogen and oxygen atoms in total. The maximum Gasteiger partial charge on any atom is 0.128 e. The largest absolute Gasteiger partial charge is 0.307 e. The van der Waals surface area contributed by atoms with Gasteiger partial charge in [0.1, 0.15) is 5.82 Å². The molecule has 2 atom stereocenters. The first kappa shape index (κ1) is 12.4. The fourth-order valence-corrected chi connectivity index (χ4v) is 3.47. The molecule has 4 heteroatoms. The van der Waals surface area contributed by atoms with Gasteiger partial charge in [-0.2, -0.15) is 11.8 Å². The molecule has 1 fully saturated rings. The zero-order valence-electron chi connectivity index (χ0n) is 9.17. The fourth-order valence-electron chi connectivity index (χ4n) is 1.90. The predicted molar refractivity (Wildman–Crippen MR) is 71.4 cm³/mol. The summed E-state index contributed by atoms with van der Waals surface area (Å²) in [6.45, 7) is 2.16. The zero-order valence-corrected chi connectivity index (χ0v) is 11.6. The summed E-state index contributed by atoms with van der Waals surface area (Å²) in [7, 11) is 0. The van der Waals surface area contributed by atoms with Gasteiger partial charge in [0.25, 0.3) is 0 Å². The standard InChI is InChI=1S/C12H15BrFNS/c1-8-4-5-16-7-12(15-8)10-6-9(13)2-3-11(10)14/h2-3,6,8,12,15H,4-5,7H2,1H3. The quantitative estimate of drug-likeness (QED) is 0.848. The highest BCUT2D eigenvalue weighted by Crippen LogP contribution is 2.27. The number of benzene rings is 1. The number of hydrogen-bond donors (Lipinski definition) is 1. The first-order valence-electron chi connectivity index (χ1n) is 5.45. The molecule has 0 amide bonds. The van der Waals surface area contributed by atoms with Crippen LogP contribution in [0.2, 0.25) is 0 Å². The second-order valence-electron chi connectivity index (χ2n) is 4.15. The molecule has 0 saturated carbocycles. The molecule has 1 aliphatic heterocycles. The van der Waals surface area contributed by atoms with Crippen LogP contribution in [0, 0.1) is 5.82 Å². The SMILES string of the molecule is CC1CCSCC(c2cc(Br)ccc2F)N1. The van der Waals surface area contributed by atoms with Crippen molar-refractivity contribution in [3.05, 3.63) is 34.1 Å². The summed E-state index contributed by atoms with van der Waals surface area (Å²) >= 11 is 5.29. The smallest absolute Gasteiger partial charge is 0.128 e. The lowest BCUT2D eigenvalue weighted by atomic mass is 10.1. The van der Waals surface area contributed by atoms with Crippen molar-refractivity contribution in [2.45, 2.75) is 25.4 Å². The molecular weight excluding hydrogens is 289 g/mol. The molecule has 0 spiro atoms. The van der Waals surface area contributed by atoms with Gasteiger partial charge in [-0.15, -0.1) is 0 Å². The Morgan fingerprint density at radius 3 is 3.12 bits per heavy atom. The van der Waals surface area contributed by atoms with Crippen molar-refractivity contribution in [1.29, 1.82) is 0 Å². The highest BCUT2D eigenvalue weighted by molar-refractivity contribution is 9.10. The molecule has 2 rings (SSSR count). The summed E-state index contributed by atoms with van der Waals surface area (Å²) in [5.41, 5.74) is 0.774. The molecule has 1 aromatic carbocycles. The average Bonchev–Trinajstić information content (AvgIpc) is 2.46. The predicted octanol–water partition coefficient (Wildman–Crippen LogP) is 3.74. The van der Waals surface area contributed by atoms with E-state index in [9.17, 15) is 4.39 Å². The lowest BCUT2D eigenvalue weighted by Crippen LogP contribution is -2.30. The van der Waals surface area contributed by atoms with E-state index >= 15 is 0 Å². The number of halogens is 2. The van der Waals surface area contributed by atoms with E-state index in [1.807, 2.05) is 17.8 Å². The Labute approximate surface area is 108 Å². The Morgan fingerprint density at radius 2 is 2.31 bits per heavy atom. The number of rotatable bonds is 1. The van der Waals surface area contributed by atoms with Crippen molar-refractivity contribution in [3.63, 3.8) is 0 Å². The van der Waals surface area contributed by atoms with Crippen molar-refractivity contribution < 1.29 is 4.39 Å². The molecule has 0 aliphatic carbocycles. The zero-order chi connectivity index (χ0) is 11.5. The summed E-state index contributed by atoms with van der Waals surface area (Å²) in [5.74, 6) is 1.98. The van der Waals surface area contributed by atoms with Crippen LogP contribution in [-0.4, -0.2) is 17.5 Å². The van der Waals surface area contributed by atoms with Crippen LogP contribution in [0.1, 0.15) is 24.9 Å². The van der Waals surface area contributed by atoms with E-state index < -0.39 is 0 Å². The molecule has 0 aromatic heterocycles. The van der Waals surface area contributed by atoms with Crippen molar-refractivity contribution >= 4 is 27.7 Å². The van der Waals surface area contributed by atoms with E-state index in [1.165, 1.54) is 6.07 Å². The van der Waals surface area contributed by atoms with E-state index in [-0.39, 0.29) is 11.9 Å². The number of thioether (sulfide) groups is 1. The van der Waals surface area contributed by atoms with Gasteiger partial charge in [0, 0.05) is 27.9 Å². The molecule has 1 aromatic rings. The summed E-state index contributed by atoms with van der Waals surface area (Å²) in [6, 6.07) is 5.73. The fraction of sp³-hybridized carbons (Fsp3) is 0.500. The van der Waals surface area contributed by atoms with Crippen molar-refractivity contribution in [3.8, 4) is 0 Å². The molecule has 0 radical (unpaired) electrons. The van der Waals surface area contributed by atoms with Crippen LogP contribution in [0.3, 0.4) is 0 Å². The first-order valence-corrected chi connectivity index (χ1v) is 7.40. The third-order valence-electron chi connectivity index (χ3n) is 2.80. The normalized spacial score (nSPS) is 26.4. The highest BCUT2D eigenvalue weighted by atomic mass is 79.9. The summed E-state index contributed by atoms with van der Waals surface area (Å²) in [5, 5.41) is 3.48. The maximum atomic E-state index is 13.7. The van der Waals surface area contributed by atoms with Crippen LogP contribution in [0.15, 0.2) is 22.7 Å². The van der Waals surface area contributed by atoms with Gasteiger partial charge in [0.2, 0.25) is 0 Å². The van der Waals surface area contributed by atoms with Gasteiger partial charge >= 0.3 is 0 Å². The number of nitrogens with one attached hydrogen (secondary N) is 1. The Bertz CT molecular complexity index is 372. The Hall–Kier alpha value is -0.0600. The highest BCUT2D eigenvalue weighted by Gasteiger charge is 2.20.